The monoisotopic (exact) mass is 1200 g/mol. The fourth-order valence-electron chi connectivity index (χ4n) is 11.8. The van der Waals surface area contributed by atoms with Gasteiger partial charge in [-0.15, -0.1) is 5.06 Å². The van der Waals surface area contributed by atoms with E-state index in [2.05, 4.69) is 16.0 Å². The number of likely N-dealkylation sites (N-methyl/N-ethyl adjacent to an activating group) is 2. The average Bonchev–Trinajstić information content (AvgIpc) is 3.23. The van der Waals surface area contributed by atoms with E-state index in [0.29, 0.717) is 48.4 Å². The van der Waals surface area contributed by atoms with Crippen LogP contribution in [0.5, 0.6) is 5.75 Å². The second-order valence-corrected chi connectivity index (χ2v) is 23.8. The third kappa shape index (κ3) is 18.8. The van der Waals surface area contributed by atoms with Gasteiger partial charge in [-0.3, -0.25) is 28.8 Å². The molecule has 12 atom stereocenters. The van der Waals surface area contributed by atoms with E-state index in [-0.39, 0.29) is 79.1 Å². The molecule has 476 valence electrons. The number of likely N-dealkylation sites (tertiary alicyclic amines) is 1. The third-order valence-electron chi connectivity index (χ3n) is 16.9. The minimum atomic E-state index is -1.02. The zero-order valence-electron chi connectivity index (χ0n) is 52.3. The Morgan fingerprint density at radius 2 is 1.52 bits per heavy atom. The third-order valence-corrected chi connectivity index (χ3v) is 16.9. The van der Waals surface area contributed by atoms with E-state index < -0.39 is 109 Å². The summed E-state index contributed by atoms with van der Waals surface area (Å²) in [7, 11) is 6.14. The first-order valence-electron chi connectivity index (χ1n) is 30.2. The van der Waals surface area contributed by atoms with Crippen LogP contribution in [0, 0.1) is 29.6 Å². The Balaban J connectivity index is 1.26. The molecule has 23 heteroatoms. The number of ketones is 1. The van der Waals surface area contributed by atoms with Crippen LogP contribution in [0.4, 0.5) is 15.3 Å². The van der Waals surface area contributed by atoms with Gasteiger partial charge in [-0.1, -0.05) is 110 Å². The molecule has 2 fully saturated rings. The number of aliphatic hydroxyl groups excluding tert-OH is 1. The van der Waals surface area contributed by atoms with Gasteiger partial charge in [0, 0.05) is 66.1 Å². The van der Waals surface area contributed by atoms with Crippen molar-refractivity contribution in [3.63, 3.8) is 0 Å². The summed E-state index contributed by atoms with van der Waals surface area (Å²) in [5.41, 5.74) is 7.47. The van der Waals surface area contributed by atoms with Crippen molar-refractivity contribution in [1.82, 2.24) is 30.4 Å². The van der Waals surface area contributed by atoms with Crippen LogP contribution in [0.25, 0.3) is 0 Å². The van der Waals surface area contributed by atoms with Crippen LogP contribution in [0.3, 0.4) is 0 Å². The zero-order chi connectivity index (χ0) is 63.5. The Morgan fingerprint density at radius 1 is 0.837 bits per heavy atom. The fourth-order valence-corrected chi connectivity index (χ4v) is 11.8. The number of nitrogens with zero attached hydrogens (tertiary/aromatic N) is 4. The summed E-state index contributed by atoms with van der Waals surface area (Å²) in [5.74, 6) is -5.99. The lowest BCUT2D eigenvalue weighted by Gasteiger charge is -2.41. The molecular weight excluding hydrogens is 1110 g/mol. The lowest BCUT2D eigenvalue weighted by Crippen LogP contribution is -2.55. The number of amides is 7. The number of Topliss-reactive ketones (excluding diaryl/α,β-unsaturated/α-hetero) is 1. The summed E-state index contributed by atoms with van der Waals surface area (Å²) in [5, 5.41) is 20.0. The molecule has 0 aromatic heterocycles. The number of imide groups is 1. The Morgan fingerprint density at radius 3 is 2.15 bits per heavy atom. The molecule has 1 aliphatic carbocycles. The molecule has 7 amide bonds. The van der Waals surface area contributed by atoms with Crippen molar-refractivity contribution in [1.29, 1.82) is 0 Å². The lowest BCUT2D eigenvalue weighted by molar-refractivity contribution is -0.196. The van der Waals surface area contributed by atoms with Crippen molar-refractivity contribution in [2.75, 3.05) is 46.7 Å². The van der Waals surface area contributed by atoms with E-state index >= 15 is 0 Å². The topological polar surface area (TPSA) is 295 Å². The lowest BCUT2D eigenvalue weighted by atomic mass is 9.83. The number of aliphatic hydroxyl groups is 1. The van der Waals surface area contributed by atoms with Crippen LogP contribution in [0.2, 0.25) is 0 Å². The second kappa shape index (κ2) is 33.2. The van der Waals surface area contributed by atoms with Crippen LogP contribution in [-0.2, 0) is 59.2 Å². The van der Waals surface area contributed by atoms with Gasteiger partial charge in [0.25, 0.3) is 11.8 Å². The van der Waals surface area contributed by atoms with Crippen molar-refractivity contribution in [2.24, 2.45) is 35.3 Å². The van der Waals surface area contributed by atoms with Crippen molar-refractivity contribution in [2.45, 2.75) is 187 Å². The average molecular weight is 1200 g/mol. The van der Waals surface area contributed by atoms with E-state index in [0.717, 1.165) is 19.3 Å². The molecule has 0 bridgehead atoms. The van der Waals surface area contributed by atoms with E-state index in [9.17, 15) is 48.3 Å². The van der Waals surface area contributed by atoms with E-state index in [1.807, 2.05) is 58.0 Å². The van der Waals surface area contributed by atoms with E-state index in [1.54, 1.807) is 56.7 Å². The van der Waals surface area contributed by atoms with Gasteiger partial charge in [0.1, 0.15) is 13.2 Å². The van der Waals surface area contributed by atoms with E-state index in [1.165, 1.54) is 44.4 Å². The highest BCUT2D eigenvalue weighted by atomic mass is 16.7. The number of benzene rings is 2. The Labute approximate surface area is 506 Å². The van der Waals surface area contributed by atoms with Gasteiger partial charge in [-0.05, 0) is 80.0 Å². The molecule has 2 aromatic rings. The first-order chi connectivity index (χ1) is 40.8. The fraction of sp³-hybridized carbons (Fsp3) is 0.635. The number of ether oxygens (including phenoxy) is 4. The molecule has 3 aliphatic rings. The molecule has 86 heavy (non-hydrogen) atoms. The number of nitrogens with two attached hydrogens (primary N) is 1. The molecule has 0 saturated carbocycles. The Kier molecular flexibility index (Phi) is 27.0. The van der Waals surface area contributed by atoms with Crippen molar-refractivity contribution in [3.05, 3.63) is 71.8 Å². The molecule has 1 unspecified atom stereocenters. The molecule has 0 spiro atoms. The standard InChI is InChI=1S/C63H94N8O15/c1-13-39(6)57(51(82-11)34-54(75)70-31-21-26-48(70)59(83-12)40(7)60(78)66-41(8)58(77)43-22-17-16-18-23-43)68(9)61(79)44(37(2)3)33-49(72)56(38(4)5)69(10)63(81)84-36-42-27-28-50(85-62(80)67-46-25-20-15-14-19-24-45(46)64)47(32-42)65-35-55(76)86-71-52(73)29-30-53(71)74/h16-19,22-24,27-28,32,37-41,44-46,48,51,56-59,65,77H,13-15,20-21,25-26,29-31,33-36,64H2,1-12H3,(H,66,78)(H,67,80)/b24-19+/t39-,40+,41+,44-,45-,46?,48-,51+,56-,57-,58+,59+/m0/s1. The maximum Gasteiger partial charge on any atom is 0.412 e. The number of nitrogens with one attached hydrogen (secondary N) is 3. The second-order valence-electron chi connectivity index (χ2n) is 23.8. The maximum atomic E-state index is 14.9. The normalized spacial score (nSPS) is 20.7. The predicted octanol–water partition coefficient (Wildman–Crippen LogP) is 6.60. The molecule has 2 saturated heterocycles. The minimum absolute atomic E-state index is 0.0214. The minimum Gasteiger partial charge on any atom is -0.445 e. The first-order valence-corrected chi connectivity index (χ1v) is 30.2. The smallest absolute Gasteiger partial charge is 0.412 e. The van der Waals surface area contributed by atoms with Gasteiger partial charge in [0.2, 0.25) is 17.7 Å². The number of anilines is 1. The summed E-state index contributed by atoms with van der Waals surface area (Å²) in [4.78, 5) is 132. The number of hydroxylamine groups is 2. The SMILES string of the molecule is CC[C@H](C)[C@@H]([C@@H](CC(=O)N1CCC[C@H]1[C@H](OC)[C@@H](C)C(=O)N[C@H](C)[C@@H](O)c1ccccc1)OC)N(C)C(=O)[C@@H](CC(=O)[C@H](C(C)C)N(C)C(=O)OCc1ccc(OC(=O)NC2CCCC/C=C/[C@@H]2N)c(NCC(=O)ON2C(=O)CCC2=O)c1)C(C)C. The molecule has 2 heterocycles. The number of hydrogen-bond acceptors (Lipinski definition) is 17. The number of carbonyl (C=O) groups is 9. The van der Waals surface area contributed by atoms with Gasteiger partial charge in [-0.2, -0.15) is 0 Å². The molecular formula is C63H94N8O15. The predicted molar refractivity (Wildman–Crippen MR) is 320 cm³/mol. The van der Waals surface area contributed by atoms with Gasteiger partial charge < -0.3 is 65.3 Å². The Hall–Kier alpha value is -6.95. The van der Waals surface area contributed by atoms with Crippen molar-refractivity contribution in [3.8, 4) is 5.75 Å². The van der Waals surface area contributed by atoms with Gasteiger partial charge in [0.15, 0.2) is 11.5 Å². The van der Waals surface area contributed by atoms with Gasteiger partial charge in [-0.25, -0.2) is 14.4 Å². The van der Waals surface area contributed by atoms with Crippen LogP contribution < -0.4 is 26.4 Å². The molecule has 2 aromatic carbocycles. The van der Waals surface area contributed by atoms with Crippen molar-refractivity contribution < 1.29 is 72.0 Å². The first kappa shape index (κ1) is 69.8. The van der Waals surface area contributed by atoms with Gasteiger partial charge in [0.05, 0.1) is 66.5 Å². The molecule has 5 rings (SSSR count). The Bertz CT molecular complexity index is 2660. The summed E-state index contributed by atoms with van der Waals surface area (Å²) < 4.78 is 23.5. The highest BCUT2D eigenvalue weighted by Crippen LogP contribution is 2.33. The number of carbonyl (C=O) groups excluding carboxylic acids is 9. The molecule has 2 aliphatic heterocycles. The van der Waals surface area contributed by atoms with Crippen molar-refractivity contribution >= 4 is 59.2 Å². The number of allylic oxidation sites excluding steroid dienone is 1. The summed E-state index contributed by atoms with van der Waals surface area (Å²) >= 11 is 0. The van der Waals surface area contributed by atoms with Crippen LogP contribution >= 0.6 is 0 Å². The zero-order valence-corrected chi connectivity index (χ0v) is 52.3. The number of rotatable bonds is 29. The van der Waals surface area contributed by atoms with Crippen LogP contribution in [0.1, 0.15) is 143 Å². The highest BCUT2D eigenvalue weighted by molar-refractivity contribution is 6.01. The molecule has 6 N–H and O–H groups in total. The largest absolute Gasteiger partial charge is 0.445 e. The van der Waals surface area contributed by atoms with Crippen LogP contribution in [-0.4, -0.2) is 168 Å². The summed E-state index contributed by atoms with van der Waals surface area (Å²) in [6, 6.07) is 9.99. The summed E-state index contributed by atoms with van der Waals surface area (Å²) in [6.45, 7) is 14.3. The van der Waals surface area contributed by atoms with Gasteiger partial charge >= 0.3 is 18.2 Å². The highest BCUT2D eigenvalue weighted by Gasteiger charge is 2.44. The number of methoxy groups -OCH3 is 2. The molecule has 23 nitrogen and oxygen atoms in total. The van der Waals surface area contributed by atoms with E-state index in [4.69, 9.17) is 29.5 Å². The number of hydrogen-bond donors (Lipinski definition) is 5. The molecule has 0 radical (unpaired) electrons. The summed E-state index contributed by atoms with van der Waals surface area (Å²) in [6.07, 6.45) is 4.49. The van der Waals surface area contributed by atoms with Crippen LogP contribution in [0.15, 0.2) is 60.7 Å². The quantitative estimate of drug-likeness (QED) is 0.0423. The maximum absolute atomic E-state index is 14.9.